The molecular formula is C19H22O4. The topological polar surface area (TPSA) is 55.8 Å². The van der Waals surface area contributed by atoms with Gasteiger partial charge in [-0.15, -0.1) is 0 Å². The predicted octanol–water partition coefficient (Wildman–Crippen LogP) is 3.95. The number of carbonyl (C=O) groups is 1. The van der Waals surface area contributed by atoms with E-state index < -0.39 is 11.9 Å². The Balaban J connectivity index is 2.05. The van der Waals surface area contributed by atoms with E-state index in [1.54, 1.807) is 31.4 Å². The van der Waals surface area contributed by atoms with Crippen LogP contribution in [0.25, 0.3) is 0 Å². The van der Waals surface area contributed by atoms with Gasteiger partial charge >= 0.3 is 5.97 Å². The van der Waals surface area contributed by atoms with E-state index in [9.17, 15) is 9.90 Å². The molecule has 0 spiro atoms. The predicted molar refractivity (Wildman–Crippen MR) is 89.4 cm³/mol. The lowest BCUT2D eigenvalue weighted by molar-refractivity contribution is -0.139. The highest BCUT2D eigenvalue weighted by Crippen LogP contribution is 2.26. The van der Waals surface area contributed by atoms with E-state index in [2.05, 4.69) is 0 Å². The molecule has 0 saturated heterocycles. The van der Waals surface area contributed by atoms with Crippen LogP contribution in [0.4, 0.5) is 0 Å². The van der Waals surface area contributed by atoms with Crippen LogP contribution in [0.5, 0.6) is 11.5 Å². The van der Waals surface area contributed by atoms with Gasteiger partial charge in [-0.2, -0.15) is 0 Å². The van der Waals surface area contributed by atoms with Crippen LogP contribution in [0.1, 0.15) is 29.0 Å². The minimum absolute atomic E-state index is 0.346. The molecule has 122 valence electrons. The van der Waals surface area contributed by atoms with E-state index in [0.29, 0.717) is 18.8 Å². The fourth-order valence-corrected chi connectivity index (χ4v) is 2.46. The second kappa shape index (κ2) is 7.68. The molecule has 2 aromatic carbocycles. The molecule has 0 aliphatic carbocycles. The number of aryl methyl sites for hydroxylation is 1. The first-order valence-electron chi connectivity index (χ1n) is 7.58. The molecular weight excluding hydrogens is 292 g/mol. The number of hydrogen-bond donors (Lipinski definition) is 1. The summed E-state index contributed by atoms with van der Waals surface area (Å²) in [6.07, 6.45) is 0.399. The highest BCUT2D eigenvalue weighted by Gasteiger charge is 2.20. The van der Waals surface area contributed by atoms with Crippen molar-refractivity contribution in [3.63, 3.8) is 0 Å². The van der Waals surface area contributed by atoms with Crippen LogP contribution in [-0.4, -0.2) is 24.8 Å². The number of carboxylic acid groups (broad SMARTS) is 1. The molecule has 4 heteroatoms. The lowest BCUT2D eigenvalue weighted by Gasteiger charge is -2.15. The highest BCUT2D eigenvalue weighted by atomic mass is 16.5. The van der Waals surface area contributed by atoms with Crippen LogP contribution >= 0.6 is 0 Å². The molecule has 0 bridgehead atoms. The number of rotatable bonds is 7. The number of hydrogen-bond acceptors (Lipinski definition) is 3. The summed E-state index contributed by atoms with van der Waals surface area (Å²) in [4.78, 5) is 11.6. The summed E-state index contributed by atoms with van der Waals surface area (Å²) in [5.41, 5.74) is 2.97. The van der Waals surface area contributed by atoms with Gasteiger partial charge < -0.3 is 14.6 Å². The fourth-order valence-electron chi connectivity index (χ4n) is 2.46. The maximum absolute atomic E-state index is 11.6. The lowest BCUT2D eigenvalue weighted by atomic mass is 9.96. The van der Waals surface area contributed by atoms with Crippen LogP contribution in [0, 0.1) is 13.8 Å². The minimum Gasteiger partial charge on any atom is -0.497 e. The second-order valence-corrected chi connectivity index (χ2v) is 5.50. The zero-order chi connectivity index (χ0) is 16.8. The van der Waals surface area contributed by atoms with Gasteiger partial charge in [-0.3, -0.25) is 4.79 Å². The van der Waals surface area contributed by atoms with Gasteiger partial charge in [-0.25, -0.2) is 0 Å². The van der Waals surface area contributed by atoms with Crippen molar-refractivity contribution in [2.24, 2.45) is 0 Å². The molecule has 1 unspecified atom stereocenters. The van der Waals surface area contributed by atoms with E-state index in [1.165, 1.54) is 0 Å². The summed E-state index contributed by atoms with van der Waals surface area (Å²) >= 11 is 0. The highest BCUT2D eigenvalue weighted by molar-refractivity contribution is 5.76. The van der Waals surface area contributed by atoms with Gasteiger partial charge in [-0.1, -0.05) is 24.3 Å². The molecule has 4 nitrogen and oxygen atoms in total. The molecule has 0 aliphatic rings. The first kappa shape index (κ1) is 16.9. The van der Waals surface area contributed by atoms with E-state index in [4.69, 9.17) is 9.47 Å². The zero-order valence-corrected chi connectivity index (χ0v) is 13.7. The molecule has 0 fully saturated rings. The van der Waals surface area contributed by atoms with Crippen LogP contribution in [0.15, 0.2) is 42.5 Å². The molecule has 0 heterocycles. The van der Waals surface area contributed by atoms with Gasteiger partial charge in [0.25, 0.3) is 0 Å². The minimum atomic E-state index is -0.859. The molecule has 0 saturated carbocycles. The first-order chi connectivity index (χ1) is 11.0. The van der Waals surface area contributed by atoms with Crippen LogP contribution in [-0.2, 0) is 4.79 Å². The summed E-state index contributed by atoms with van der Waals surface area (Å²) in [5.74, 6) is -0.0120. The molecule has 0 amide bonds. The van der Waals surface area contributed by atoms with E-state index in [-0.39, 0.29) is 0 Å². The van der Waals surface area contributed by atoms with Crippen LogP contribution in [0.3, 0.4) is 0 Å². The number of ether oxygens (including phenoxy) is 2. The van der Waals surface area contributed by atoms with E-state index in [0.717, 1.165) is 22.4 Å². The molecule has 0 radical (unpaired) electrons. The molecule has 23 heavy (non-hydrogen) atoms. The average molecular weight is 314 g/mol. The van der Waals surface area contributed by atoms with Gasteiger partial charge in [-0.05, 0) is 55.2 Å². The van der Waals surface area contributed by atoms with Gasteiger partial charge in [0.1, 0.15) is 11.5 Å². The summed E-state index contributed by atoms with van der Waals surface area (Å²) in [7, 11) is 1.57. The van der Waals surface area contributed by atoms with E-state index >= 15 is 0 Å². The van der Waals surface area contributed by atoms with Crippen molar-refractivity contribution in [1.29, 1.82) is 0 Å². The quantitative estimate of drug-likeness (QED) is 0.840. The van der Waals surface area contributed by atoms with Crippen molar-refractivity contribution in [2.45, 2.75) is 26.2 Å². The monoisotopic (exact) mass is 314 g/mol. The maximum Gasteiger partial charge on any atom is 0.311 e. The van der Waals surface area contributed by atoms with Crippen molar-refractivity contribution in [2.75, 3.05) is 13.7 Å². The Morgan fingerprint density at radius 3 is 2.61 bits per heavy atom. The number of carboxylic acids is 1. The van der Waals surface area contributed by atoms with Gasteiger partial charge in [0, 0.05) is 0 Å². The molecule has 0 aromatic heterocycles. The van der Waals surface area contributed by atoms with E-state index in [1.807, 2.05) is 32.0 Å². The SMILES string of the molecule is COc1cccc(C(CCOc2cccc(C)c2C)C(=O)O)c1. The third kappa shape index (κ3) is 4.25. The fraction of sp³-hybridized carbons (Fsp3) is 0.316. The molecule has 1 atom stereocenters. The van der Waals surface area contributed by atoms with Crippen LogP contribution in [0.2, 0.25) is 0 Å². The summed E-state index contributed by atoms with van der Waals surface area (Å²) in [6.45, 7) is 4.37. The standard InChI is InChI=1S/C19H22O4/c1-13-6-4-9-18(14(13)2)23-11-10-17(19(20)21)15-7-5-8-16(12-15)22-3/h4-9,12,17H,10-11H2,1-3H3,(H,20,21). The number of benzene rings is 2. The summed E-state index contributed by atoms with van der Waals surface area (Å²) < 4.78 is 10.9. The largest absolute Gasteiger partial charge is 0.497 e. The van der Waals surface area contributed by atoms with Crippen molar-refractivity contribution >= 4 is 5.97 Å². The Morgan fingerprint density at radius 1 is 1.17 bits per heavy atom. The average Bonchev–Trinajstić information content (AvgIpc) is 2.55. The molecule has 1 N–H and O–H groups in total. The Morgan fingerprint density at radius 2 is 1.91 bits per heavy atom. The smallest absolute Gasteiger partial charge is 0.311 e. The lowest BCUT2D eigenvalue weighted by Crippen LogP contribution is -2.15. The van der Waals surface area contributed by atoms with Crippen LogP contribution < -0.4 is 9.47 Å². The first-order valence-corrected chi connectivity index (χ1v) is 7.58. The Kier molecular flexibility index (Phi) is 5.63. The van der Waals surface area contributed by atoms with Gasteiger partial charge in [0.05, 0.1) is 19.6 Å². The summed E-state index contributed by atoms with van der Waals surface area (Å²) in [5, 5.41) is 9.49. The molecule has 2 rings (SSSR count). The third-order valence-corrected chi connectivity index (χ3v) is 4.01. The number of aliphatic carboxylic acids is 1. The van der Waals surface area contributed by atoms with Gasteiger partial charge in [0.15, 0.2) is 0 Å². The normalized spacial score (nSPS) is 11.8. The Bertz CT molecular complexity index is 679. The molecule has 0 aliphatic heterocycles. The van der Waals surface area contributed by atoms with Crippen molar-refractivity contribution in [3.05, 3.63) is 59.2 Å². The number of methoxy groups -OCH3 is 1. The van der Waals surface area contributed by atoms with Crippen molar-refractivity contribution in [1.82, 2.24) is 0 Å². The Labute approximate surface area is 136 Å². The second-order valence-electron chi connectivity index (χ2n) is 5.50. The Hall–Kier alpha value is -2.49. The molecule has 2 aromatic rings. The summed E-state index contributed by atoms with van der Waals surface area (Å²) in [6, 6.07) is 13.0. The van der Waals surface area contributed by atoms with Crippen molar-refractivity contribution < 1.29 is 19.4 Å². The van der Waals surface area contributed by atoms with Crippen molar-refractivity contribution in [3.8, 4) is 11.5 Å². The third-order valence-electron chi connectivity index (χ3n) is 4.01. The maximum atomic E-state index is 11.6. The zero-order valence-electron chi connectivity index (χ0n) is 13.7. The van der Waals surface area contributed by atoms with Gasteiger partial charge in [0.2, 0.25) is 0 Å².